The molecule has 0 fully saturated rings. The highest BCUT2D eigenvalue weighted by Crippen LogP contribution is 2.18. The summed E-state index contributed by atoms with van der Waals surface area (Å²) in [5.74, 6) is 1.20. The van der Waals surface area contributed by atoms with Crippen molar-refractivity contribution >= 4 is 23.7 Å². The van der Waals surface area contributed by atoms with E-state index >= 15 is 0 Å². The van der Waals surface area contributed by atoms with E-state index in [0.717, 1.165) is 16.2 Å². The normalized spacial score (nSPS) is 10.5. The average molecular weight is 339 g/mol. The van der Waals surface area contributed by atoms with Gasteiger partial charge in [-0.2, -0.15) is 0 Å². The van der Waals surface area contributed by atoms with Crippen molar-refractivity contribution in [2.24, 2.45) is 0 Å². The SMILES string of the molecule is CCSc1ccc(C(=O)Nc2nnc(Cc3ccccc3)o2)cc1. The second kappa shape index (κ2) is 7.79. The minimum Gasteiger partial charge on any atom is -0.407 e. The molecule has 0 aliphatic carbocycles. The first-order chi connectivity index (χ1) is 11.7. The zero-order chi connectivity index (χ0) is 16.8. The summed E-state index contributed by atoms with van der Waals surface area (Å²) in [6.45, 7) is 2.09. The number of hydrogen-bond acceptors (Lipinski definition) is 5. The van der Waals surface area contributed by atoms with Gasteiger partial charge in [-0.25, -0.2) is 0 Å². The van der Waals surface area contributed by atoms with Gasteiger partial charge in [-0.1, -0.05) is 42.4 Å². The number of anilines is 1. The van der Waals surface area contributed by atoms with E-state index in [0.29, 0.717) is 17.9 Å². The number of rotatable bonds is 6. The van der Waals surface area contributed by atoms with Crippen molar-refractivity contribution in [3.63, 3.8) is 0 Å². The van der Waals surface area contributed by atoms with Gasteiger partial charge in [0.15, 0.2) is 0 Å². The van der Waals surface area contributed by atoms with Gasteiger partial charge in [-0.3, -0.25) is 10.1 Å². The largest absolute Gasteiger partial charge is 0.407 e. The first-order valence-electron chi connectivity index (χ1n) is 7.65. The molecule has 122 valence electrons. The summed E-state index contributed by atoms with van der Waals surface area (Å²) in [7, 11) is 0. The van der Waals surface area contributed by atoms with E-state index < -0.39 is 0 Å². The van der Waals surface area contributed by atoms with Gasteiger partial charge < -0.3 is 4.42 Å². The van der Waals surface area contributed by atoms with Crippen LogP contribution in [0.15, 0.2) is 63.9 Å². The van der Waals surface area contributed by atoms with Crippen molar-refractivity contribution in [2.45, 2.75) is 18.2 Å². The van der Waals surface area contributed by atoms with E-state index in [1.807, 2.05) is 42.5 Å². The molecule has 2 aromatic carbocycles. The number of carbonyl (C=O) groups excluding carboxylic acids is 1. The molecule has 0 atom stereocenters. The van der Waals surface area contributed by atoms with Crippen molar-refractivity contribution in [1.82, 2.24) is 10.2 Å². The second-order valence-electron chi connectivity index (χ2n) is 5.07. The minimum absolute atomic E-state index is 0.109. The number of benzene rings is 2. The highest BCUT2D eigenvalue weighted by atomic mass is 32.2. The molecular formula is C18H17N3O2S. The number of carbonyl (C=O) groups is 1. The minimum atomic E-state index is -0.266. The lowest BCUT2D eigenvalue weighted by atomic mass is 10.2. The smallest absolute Gasteiger partial charge is 0.322 e. The fraction of sp³-hybridized carbons (Fsp3) is 0.167. The molecule has 3 rings (SSSR count). The lowest BCUT2D eigenvalue weighted by Crippen LogP contribution is -2.11. The maximum Gasteiger partial charge on any atom is 0.322 e. The van der Waals surface area contributed by atoms with Crippen LogP contribution in [0.2, 0.25) is 0 Å². The molecular weight excluding hydrogens is 322 g/mol. The summed E-state index contributed by atoms with van der Waals surface area (Å²) in [6.07, 6.45) is 0.534. The molecule has 1 amide bonds. The van der Waals surface area contributed by atoms with E-state index in [1.54, 1.807) is 23.9 Å². The van der Waals surface area contributed by atoms with Crippen LogP contribution in [0.5, 0.6) is 0 Å². The summed E-state index contributed by atoms with van der Waals surface area (Å²) in [5, 5.41) is 10.5. The predicted molar refractivity (Wildman–Crippen MR) is 94.3 cm³/mol. The van der Waals surface area contributed by atoms with Crippen molar-refractivity contribution in [2.75, 3.05) is 11.1 Å². The Morgan fingerprint density at radius 3 is 2.54 bits per heavy atom. The Balaban J connectivity index is 1.62. The van der Waals surface area contributed by atoms with E-state index in [9.17, 15) is 4.79 Å². The van der Waals surface area contributed by atoms with Crippen molar-refractivity contribution in [3.8, 4) is 0 Å². The monoisotopic (exact) mass is 339 g/mol. The van der Waals surface area contributed by atoms with Crippen LogP contribution in [0, 0.1) is 0 Å². The molecule has 0 aliphatic rings. The van der Waals surface area contributed by atoms with Crippen molar-refractivity contribution in [1.29, 1.82) is 0 Å². The number of thioether (sulfide) groups is 1. The maximum absolute atomic E-state index is 12.2. The molecule has 6 heteroatoms. The third-order valence-electron chi connectivity index (χ3n) is 3.31. The Hall–Kier alpha value is -2.60. The van der Waals surface area contributed by atoms with Gasteiger partial charge in [0.2, 0.25) is 5.89 Å². The van der Waals surface area contributed by atoms with Crippen LogP contribution < -0.4 is 5.32 Å². The number of amides is 1. The Morgan fingerprint density at radius 1 is 1.08 bits per heavy atom. The summed E-state index contributed by atoms with van der Waals surface area (Å²) in [5.41, 5.74) is 1.63. The molecule has 1 N–H and O–H groups in total. The van der Waals surface area contributed by atoms with E-state index in [2.05, 4.69) is 22.4 Å². The maximum atomic E-state index is 12.2. The molecule has 0 saturated carbocycles. The zero-order valence-corrected chi connectivity index (χ0v) is 14.0. The van der Waals surface area contributed by atoms with E-state index in [4.69, 9.17) is 4.42 Å². The molecule has 0 spiro atoms. The molecule has 3 aromatic rings. The molecule has 0 saturated heterocycles. The third kappa shape index (κ3) is 4.23. The van der Waals surface area contributed by atoms with Crippen LogP contribution in [-0.2, 0) is 6.42 Å². The highest BCUT2D eigenvalue weighted by Gasteiger charge is 2.12. The highest BCUT2D eigenvalue weighted by molar-refractivity contribution is 7.99. The molecule has 1 aromatic heterocycles. The number of nitrogens with zero attached hydrogens (tertiary/aromatic N) is 2. The van der Waals surface area contributed by atoms with Gasteiger partial charge >= 0.3 is 6.01 Å². The third-order valence-corrected chi connectivity index (χ3v) is 4.21. The lowest BCUT2D eigenvalue weighted by molar-refractivity contribution is 0.102. The molecule has 0 aliphatic heterocycles. The lowest BCUT2D eigenvalue weighted by Gasteiger charge is -2.02. The molecule has 0 bridgehead atoms. The first kappa shape index (κ1) is 16.3. The van der Waals surface area contributed by atoms with Gasteiger partial charge in [0.05, 0.1) is 6.42 Å². The number of aromatic nitrogens is 2. The number of hydrogen-bond donors (Lipinski definition) is 1. The predicted octanol–water partition coefficient (Wildman–Crippen LogP) is 4.02. The molecule has 5 nitrogen and oxygen atoms in total. The summed E-state index contributed by atoms with van der Waals surface area (Å²) in [4.78, 5) is 13.3. The van der Waals surface area contributed by atoms with Crippen LogP contribution in [0.4, 0.5) is 6.01 Å². The Kier molecular flexibility index (Phi) is 5.28. The Bertz CT molecular complexity index is 801. The van der Waals surface area contributed by atoms with Crippen LogP contribution in [0.3, 0.4) is 0 Å². The van der Waals surface area contributed by atoms with Crippen LogP contribution in [0.25, 0.3) is 0 Å². The fourth-order valence-electron chi connectivity index (χ4n) is 2.18. The quantitative estimate of drug-likeness (QED) is 0.687. The fourth-order valence-corrected chi connectivity index (χ4v) is 2.85. The average Bonchev–Trinajstić information content (AvgIpc) is 3.03. The Labute approximate surface area is 144 Å². The van der Waals surface area contributed by atoms with E-state index in [1.165, 1.54) is 0 Å². The van der Waals surface area contributed by atoms with Gasteiger partial charge in [0.25, 0.3) is 5.91 Å². The van der Waals surface area contributed by atoms with Gasteiger partial charge in [0, 0.05) is 10.5 Å². The van der Waals surface area contributed by atoms with Gasteiger partial charge in [0.1, 0.15) is 0 Å². The topological polar surface area (TPSA) is 68.0 Å². The molecule has 24 heavy (non-hydrogen) atoms. The van der Waals surface area contributed by atoms with Crippen molar-refractivity contribution in [3.05, 3.63) is 71.6 Å². The zero-order valence-electron chi connectivity index (χ0n) is 13.2. The van der Waals surface area contributed by atoms with Crippen LogP contribution in [-0.4, -0.2) is 21.9 Å². The summed E-state index contributed by atoms with van der Waals surface area (Å²) in [6, 6.07) is 17.4. The summed E-state index contributed by atoms with van der Waals surface area (Å²) < 4.78 is 5.48. The molecule has 0 unspecified atom stereocenters. The molecule has 1 heterocycles. The van der Waals surface area contributed by atoms with E-state index in [-0.39, 0.29) is 11.9 Å². The summed E-state index contributed by atoms with van der Waals surface area (Å²) >= 11 is 1.73. The number of nitrogens with one attached hydrogen (secondary N) is 1. The van der Waals surface area contributed by atoms with Crippen LogP contribution in [0.1, 0.15) is 28.7 Å². The molecule has 0 radical (unpaired) electrons. The second-order valence-corrected chi connectivity index (χ2v) is 6.41. The van der Waals surface area contributed by atoms with Crippen LogP contribution >= 0.6 is 11.8 Å². The van der Waals surface area contributed by atoms with Gasteiger partial charge in [-0.15, -0.1) is 16.9 Å². The first-order valence-corrected chi connectivity index (χ1v) is 8.63. The Morgan fingerprint density at radius 2 is 1.83 bits per heavy atom. The van der Waals surface area contributed by atoms with Gasteiger partial charge in [-0.05, 0) is 35.6 Å². The standard InChI is InChI=1S/C18H17N3O2S/c1-2-24-15-10-8-14(9-11-15)17(22)19-18-21-20-16(23-18)12-13-6-4-3-5-7-13/h3-11H,2,12H2,1H3,(H,19,21,22). The van der Waals surface area contributed by atoms with Crippen molar-refractivity contribution < 1.29 is 9.21 Å².